The molecule has 0 saturated heterocycles. The molecule has 36 heavy (non-hydrogen) atoms. The van der Waals surface area contributed by atoms with Gasteiger partial charge in [-0.15, -0.1) is 0 Å². The van der Waals surface area contributed by atoms with Crippen molar-refractivity contribution in [3.05, 3.63) is 57.7 Å². The van der Waals surface area contributed by atoms with E-state index >= 15 is 0 Å². The normalized spacial score (nSPS) is 13.5. The summed E-state index contributed by atoms with van der Waals surface area (Å²) < 4.78 is 76.4. The fourth-order valence-electron chi connectivity index (χ4n) is 2.95. The maximum atomic E-state index is 13.1. The smallest absolute Gasteiger partial charge is 0.295 e. The molecule has 0 spiro atoms. The molecule has 0 bridgehead atoms. The quantitative estimate of drug-likeness (QED) is 0.175. The van der Waals surface area contributed by atoms with Crippen LogP contribution in [0.5, 0.6) is 0 Å². The van der Waals surface area contributed by atoms with Crippen molar-refractivity contribution < 1.29 is 31.1 Å². The maximum absolute atomic E-state index is 13.1. The Morgan fingerprint density at radius 2 is 1.72 bits per heavy atom. The molecule has 1 unspecified atom stereocenters. The first-order chi connectivity index (χ1) is 16.5. The number of benzene rings is 2. The third kappa shape index (κ3) is 7.79. The lowest BCUT2D eigenvalue weighted by atomic mass is 9.90. The molecule has 2 aromatic carbocycles. The van der Waals surface area contributed by atoms with E-state index in [4.69, 9.17) is 23.2 Å². The van der Waals surface area contributed by atoms with Crippen LogP contribution >= 0.6 is 35.0 Å². The lowest BCUT2D eigenvalue weighted by molar-refractivity contribution is -0.136. The molecule has 0 aliphatic heterocycles. The Kier molecular flexibility index (Phi) is 9.37. The van der Waals surface area contributed by atoms with Crippen LogP contribution in [0, 0.1) is 16.7 Å². The Morgan fingerprint density at radius 1 is 1.14 bits per heavy atom. The van der Waals surface area contributed by atoms with Gasteiger partial charge in [-0.05, 0) is 50.2 Å². The number of ketones is 1. The lowest BCUT2D eigenvalue weighted by Crippen LogP contribution is -2.20. The van der Waals surface area contributed by atoms with Gasteiger partial charge < -0.3 is 0 Å². The van der Waals surface area contributed by atoms with Crippen molar-refractivity contribution in [1.82, 2.24) is 9.78 Å². The molecule has 0 saturated carbocycles. The molecule has 3 rings (SSSR count). The summed E-state index contributed by atoms with van der Waals surface area (Å²) >= 11 is 11.5. The van der Waals surface area contributed by atoms with Gasteiger partial charge in [0.25, 0.3) is 0 Å². The Balaban J connectivity index is 0.000000281. The molecular formula is C23H19Cl2F6N3OS. The molecule has 1 aromatic heterocycles. The highest BCUT2D eigenvalue weighted by Gasteiger charge is 2.35. The molecular weight excluding hydrogens is 551 g/mol. The van der Waals surface area contributed by atoms with Gasteiger partial charge in [-0.25, -0.2) is 0 Å². The molecule has 0 aliphatic rings. The van der Waals surface area contributed by atoms with Crippen LogP contribution in [0.3, 0.4) is 0 Å². The number of thioether (sulfide) groups is 1. The van der Waals surface area contributed by atoms with E-state index in [0.29, 0.717) is 12.0 Å². The number of rotatable bonds is 5. The minimum atomic E-state index is -4.57. The van der Waals surface area contributed by atoms with Crippen LogP contribution in [0.4, 0.5) is 26.3 Å². The molecule has 0 fully saturated rings. The Morgan fingerprint density at radius 3 is 2.17 bits per heavy atom. The van der Waals surface area contributed by atoms with E-state index in [2.05, 4.69) is 11.2 Å². The monoisotopic (exact) mass is 569 g/mol. The van der Waals surface area contributed by atoms with Crippen molar-refractivity contribution in [2.45, 2.75) is 50.3 Å². The van der Waals surface area contributed by atoms with E-state index in [-0.39, 0.29) is 49.9 Å². The number of aromatic nitrogens is 2. The Bertz CT molecular complexity index is 1280. The number of carbonyl (C=O) groups excluding carboxylic acids is 1. The topological polar surface area (TPSA) is 58.7 Å². The zero-order valence-electron chi connectivity index (χ0n) is 19.1. The van der Waals surface area contributed by atoms with Crippen molar-refractivity contribution in [3.63, 3.8) is 0 Å². The summed E-state index contributed by atoms with van der Waals surface area (Å²) in [5, 5.41) is 12.9. The summed E-state index contributed by atoms with van der Waals surface area (Å²) in [6.45, 7) is 5.09. The van der Waals surface area contributed by atoms with Crippen LogP contribution in [-0.4, -0.2) is 21.1 Å². The van der Waals surface area contributed by atoms with Crippen LogP contribution < -0.4 is 0 Å². The van der Waals surface area contributed by atoms with Crippen molar-refractivity contribution in [2.75, 3.05) is 0 Å². The molecule has 0 N–H and O–H groups in total. The van der Waals surface area contributed by atoms with E-state index < -0.39 is 22.7 Å². The summed E-state index contributed by atoms with van der Waals surface area (Å²) in [4.78, 5) is 10.9. The largest absolute Gasteiger partial charge is 0.446 e. The summed E-state index contributed by atoms with van der Waals surface area (Å²) in [5.74, 6) is -0.159. The third-order valence-corrected chi connectivity index (χ3v) is 6.62. The highest BCUT2D eigenvalue weighted by molar-refractivity contribution is 8.00. The van der Waals surface area contributed by atoms with Gasteiger partial charge in [0.2, 0.25) is 0 Å². The van der Waals surface area contributed by atoms with Gasteiger partial charge in [-0.1, -0.05) is 42.3 Å². The lowest BCUT2D eigenvalue weighted by Gasteiger charge is -2.18. The standard InChI is InChI=1S/C14H12Cl2F3N3.C9H7F3OS/c1-3-13(2,6-20)7-22-5-8-9(14(17,18)19)4-10(15)11(16)12(8)21-22;1-6(13)7-2-4-8(5-3-7)14-9(10,11)12/h4-5H,3,7H2,1-2H3;2-5H,1H3. The first-order valence-corrected chi connectivity index (χ1v) is 11.8. The number of nitrogens with zero attached hydrogens (tertiary/aromatic N) is 3. The summed E-state index contributed by atoms with van der Waals surface area (Å²) in [7, 11) is 0. The number of nitriles is 1. The van der Waals surface area contributed by atoms with Crippen molar-refractivity contribution in [3.8, 4) is 6.07 Å². The fraction of sp³-hybridized carbons (Fsp3) is 0.348. The summed E-state index contributed by atoms with van der Waals surface area (Å²) in [5.41, 5.74) is -5.50. The third-order valence-electron chi connectivity index (χ3n) is 5.10. The highest BCUT2D eigenvalue weighted by Crippen LogP contribution is 2.41. The zero-order valence-corrected chi connectivity index (χ0v) is 21.4. The van der Waals surface area contributed by atoms with Crippen molar-refractivity contribution in [1.29, 1.82) is 5.26 Å². The molecule has 1 atom stereocenters. The van der Waals surface area contributed by atoms with Crippen LogP contribution in [0.2, 0.25) is 10.0 Å². The van der Waals surface area contributed by atoms with Gasteiger partial charge in [0.15, 0.2) is 5.78 Å². The van der Waals surface area contributed by atoms with E-state index in [9.17, 15) is 36.4 Å². The van der Waals surface area contributed by atoms with Crippen LogP contribution in [0.1, 0.15) is 43.1 Å². The number of alkyl halides is 6. The van der Waals surface area contributed by atoms with Gasteiger partial charge in [0, 0.05) is 22.0 Å². The number of halogens is 8. The van der Waals surface area contributed by atoms with Gasteiger partial charge in [-0.3, -0.25) is 9.48 Å². The van der Waals surface area contributed by atoms with E-state index in [0.717, 1.165) is 6.07 Å². The fourth-order valence-corrected chi connectivity index (χ4v) is 3.88. The first-order valence-electron chi connectivity index (χ1n) is 10.2. The van der Waals surface area contributed by atoms with Crippen LogP contribution in [0.25, 0.3) is 10.9 Å². The molecule has 13 heteroatoms. The molecule has 194 valence electrons. The van der Waals surface area contributed by atoms with Crippen molar-refractivity contribution in [2.24, 2.45) is 5.41 Å². The highest BCUT2D eigenvalue weighted by atomic mass is 35.5. The van der Waals surface area contributed by atoms with Gasteiger partial charge in [-0.2, -0.15) is 36.7 Å². The van der Waals surface area contributed by atoms with E-state index in [1.165, 1.54) is 42.1 Å². The molecule has 1 heterocycles. The van der Waals surface area contributed by atoms with Gasteiger partial charge in [0.05, 0.1) is 33.6 Å². The number of hydrogen-bond acceptors (Lipinski definition) is 4. The second kappa shape index (κ2) is 11.3. The SMILES string of the molecule is CC(=O)c1ccc(SC(F)(F)F)cc1.CCC(C)(C#N)Cn1cc2c(C(F)(F)F)cc(Cl)c(Cl)c2n1. The molecule has 0 aliphatic carbocycles. The summed E-state index contributed by atoms with van der Waals surface area (Å²) in [6, 6.07) is 8.29. The van der Waals surface area contributed by atoms with Crippen LogP contribution in [-0.2, 0) is 12.7 Å². The first kappa shape index (κ1) is 29.8. The predicted molar refractivity (Wildman–Crippen MR) is 127 cm³/mol. The second-order valence-electron chi connectivity index (χ2n) is 7.96. The Hall–Kier alpha value is -2.42. The second-order valence-corrected chi connectivity index (χ2v) is 9.88. The van der Waals surface area contributed by atoms with Gasteiger partial charge in [0.1, 0.15) is 5.52 Å². The molecule has 3 aromatic rings. The molecule has 0 amide bonds. The number of fused-ring (bicyclic) bond motifs is 1. The van der Waals surface area contributed by atoms with Gasteiger partial charge >= 0.3 is 11.7 Å². The van der Waals surface area contributed by atoms with E-state index in [1.54, 1.807) is 6.92 Å². The minimum absolute atomic E-state index is 0.0158. The summed E-state index contributed by atoms with van der Waals surface area (Å²) in [6.07, 6.45) is -2.77. The molecule has 0 radical (unpaired) electrons. The number of hydrogen-bond donors (Lipinski definition) is 0. The van der Waals surface area contributed by atoms with Crippen LogP contribution in [0.15, 0.2) is 41.4 Å². The maximum Gasteiger partial charge on any atom is 0.446 e. The van der Waals surface area contributed by atoms with E-state index in [1.807, 2.05) is 6.92 Å². The number of carbonyl (C=O) groups is 1. The van der Waals surface area contributed by atoms with Crippen molar-refractivity contribution >= 4 is 51.6 Å². The average molecular weight is 570 g/mol. The number of Topliss-reactive ketones (excluding diaryl/α,β-unsaturated/α-hetero) is 1. The average Bonchev–Trinajstić information content (AvgIpc) is 3.18. The minimum Gasteiger partial charge on any atom is -0.295 e. The molecule has 4 nitrogen and oxygen atoms in total. The predicted octanol–water partition coefficient (Wildman–Crippen LogP) is 8.80. The Labute approximate surface area is 217 Å². The zero-order chi connectivity index (χ0) is 27.5.